The molecule has 30 heavy (non-hydrogen) atoms. The van der Waals surface area contributed by atoms with Gasteiger partial charge in [0.2, 0.25) is 5.91 Å². The number of hydrogen-bond donors (Lipinski definition) is 1. The van der Waals surface area contributed by atoms with Crippen molar-refractivity contribution < 1.29 is 28.6 Å². The van der Waals surface area contributed by atoms with Gasteiger partial charge in [-0.25, -0.2) is 4.79 Å². The van der Waals surface area contributed by atoms with Gasteiger partial charge in [-0.1, -0.05) is 12.1 Å². The fourth-order valence-electron chi connectivity index (χ4n) is 2.33. The minimum Gasteiger partial charge on any atom is -0.497 e. The van der Waals surface area contributed by atoms with E-state index in [1.807, 2.05) is 0 Å². The van der Waals surface area contributed by atoms with Crippen LogP contribution in [-0.2, 0) is 14.3 Å². The second-order valence-corrected chi connectivity index (χ2v) is 7.28. The van der Waals surface area contributed by atoms with Gasteiger partial charge in [0, 0.05) is 25.1 Å². The summed E-state index contributed by atoms with van der Waals surface area (Å²) < 4.78 is 15.5. The molecule has 0 aromatic heterocycles. The first-order chi connectivity index (χ1) is 14.3. The van der Waals surface area contributed by atoms with Crippen LogP contribution in [0.4, 0.5) is 5.69 Å². The molecule has 8 nitrogen and oxygen atoms in total. The number of thioether (sulfide) groups is 1. The molecule has 0 aliphatic heterocycles. The molecule has 0 radical (unpaired) electrons. The number of amides is 2. The molecule has 160 valence electrons. The quantitative estimate of drug-likeness (QED) is 0.481. The maximum absolute atomic E-state index is 12.5. The van der Waals surface area contributed by atoms with Gasteiger partial charge in [0.15, 0.2) is 6.61 Å². The van der Waals surface area contributed by atoms with Crippen molar-refractivity contribution >= 4 is 35.2 Å². The Kier molecular flexibility index (Phi) is 8.54. The Bertz CT molecular complexity index is 916. The predicted octanol–water partition coefficient (Wildman–Crippen LogP) is 2.68. The number of nitrogens with one attached hydrogen (secondary N) is 1. The van der Waals surface area contributed by atoms with Crippen molar-refractivity contribution in [3.05, 3.63) is 48.0 Å². The van der Waals surface area contributed by atoms with Gasteiger partial charge in [-0.15, -0.1) is 11.8 Å². The summed E-state index contributed by atoms with van der Waals surface area (Å²) in [6.07, 6.45) is 0. The summed E-state index contributed by atoms with van der Waals surface area (Å²) in [5.41, 5.74) is 0.724. The van der Waals surface area contributed by atoms with Crippen LogP contribution in [0.2, 0.25) is 0 Å². The molecule has 0 saturated heterocycles. The smallest absolute Gasteiger partial charge is 0.339 e. The van der Waals surface area contributed by atoms with Gasteiger partial charge < -0.3 is 24.4 Å². The lowest BCUT2D eigenvalue weighted by Gasteiger charge is -2.13. The van der Waals surface area contributed by atoms with E-state index in [2.05, 4.69) is 5.32 Å². The van der Waals surface area contributed by atoms with Crippen LogP contribution in [0.25, 0.3) is 0 Å². The lowest BCUT2D eigenvalue weighted by atomic mass is 10.2. The van der Waals surface area contributed by atoms with Gasteiger partial charge in [-0.2, -0.15) is 0 Å². The van der Waals surface area contributed by atoms with Crippen molar-refractivity contribution in [2.24, 2.45) is 0 Å². The van der Waals surface area contributed by atoms with E-state index in [9.17, 15) is 14.4 Å². The standard InChI is InChI=1S/C21H24N2O6S/c1-23(2)20(25)13-30-18-8-6-5-7-15(18)21(26)29-12-19(24)22-16-10-9-14(27-3)11-17(16)28-4/h5-11H,12-13H2,1-4H3,(H,22,24). The average molecular weight is 432 g/mol. The van der Waals surface area contributed by atoms with Crippen LogP contribution in [-0.4, -0.2) is 63.4 Å². The highest BCUT2D eigenvalue weighted by Gasteiger charge is 2.17. The summed E-state index contributed by atoms with van der Waals surface area (Å²) in [6, 6.07) is 11.7. The van der Waals surface area contributed by atoms with E-state index in [-0.39, 0.29) is 11.7 Å². The second-order valence-electron chi connectivity index (χ2n) is 6.26. The van der Waals surface area contributed by atoms with Gasteiger partial charge in [0.25, 0.3) is 5.91 Å². The Hall–Kier alpha value is -3.20. The first-order valence-electron chi connectivity index (χ1n) is 8.96. The first kappa shape index (κ1) is 23.1. The minimum absolute atomic E-state index is 0.0732. The summed E-state index contributed by atoms with van der Waals surface area (Å²) in [6.45, 7) is -0.469. The summed E-state index contributed by atoms with van der Waals surface area (Å²) in [4.78, 5) is 38.6. The van der Waals surface area contributed by atoms with Crippen LogP contribution < -0.4 is 14.8 Å². The van der Waals surface area contributed by atoms with Crippen molar-refractivity contribution in [1.82, 2.24) is 4.90 Å². The molecule has 0 aliphatic rings. The Labute approximate surface area is 179 Å². The van der Waals surface area contributed by atoms with Crippen molar-refractivity contribution in [2.45, 2.75) is 4.90 Å². The number of anilines is 1. The number of carbonyl (C=O) groups is 3. The van der Waals surface area contributed by atoms with E-state index < -0.39 is 18.5 Å². The Morgan fingerprint density at radius 2 is 1.77 bits per heavy atom. The molecule has 0 heterocycles. The number of hydrogen-bond acceptors (Lipinski definition) is 7. The van der Waals surface area contributed by atoms with E-state index in [1.165, 1.54) is 30.9 Å². The molecule has 0 unspecified atom stereocenters. The lowest BCUT2D eigenvalue weighted by molar-refractivity contribution is -0.125. The Balaban J connectivity index is 1.97. The van der Waals surface area contributed by atoms with E-state index in [0.29, 0.717) is 27.6 Å². The number of benzene rings is 2. The molecule has 0 aliphatic carbocycles. The Morgan fingerprint density at radius 3 is 2.43 bits per heavy atom. The zero-order valence-electron chi connectivity index (χ0n) is 17.3. The normalized spacial score (nSPS) is 10.1. The van der Waals surface area contributed by atoms with Crippen LogP contribution >= 0.6 is 11.8 Å². The fourth-order valence-corrected chi connectivity index (χ4v) is 3.35. The number of methoxy groups -OCH3 is 2. The van der Waals surface area contributed by atoms with E-state index in [0.717, 1.165) is 0 Å². The number of ether oxygens (including phenoxy) is 3. The molecule has 0 fully saturated rings. The third kappa shape index (κ3) is 6.41. The summed E-state index contributed by atoms with van der Waals surface area (Å²) in [7, 11) is 6.33. The topological polar surface area (TPSA) is 94.2 Å². The van der Waals surface area contributed by atoms with Crippen LogP contribution in [0.15, 0.2) is 47.4 Å². The van der Waals surface area contributed by atoms with Crippen LogP contribution in [0.5, 0.6) is 11.5 Å². The monoisotopic (exact) mass is 432 g/mol. The second kappa shape index (κ2) is 11.1. The lowest BCUT2D eigenvalue weighted by Crippen LogP contribution is -2.23. The third-order valence-corrected chi connectivity index (χ3v) is 5.03. The van der Waals surface area contributed by atoms with E-state index in [1.54, 1.807) is 56.6 Å². The van der Waals surface area contributed by atoms with Crippen molar-refractivity contribution in [3.8, 4) is 11.5 Å². The molecular weight excluding hydrogens is 408 g/mol. The van der Waals surface area contributed by atoms with Gasteiger partial charge in [-0.05, 0) is 24.3 Å². The van der Waals surface area contributed by atoms with Crippen molar-refractivity contribution in [2.75, 3.05) is 46.0 Å². The van der Waals surface area contributed by atoms with E-state index in [4.69, 9.17) is 14.2 Å². The molecule has 2 aromatic carbocycles. The Morgan fingerprint density at radius 1 is 1.03 bits per heavy atom. The SMILES string of the molecule is COc1ccc(NC(=O)COC(=O)c2ccccc2SCC(=O)N(C)C)c(OC)c1. The largest absolute Gasteiger partial charge is 0.497 e. The number of esters is 1. The number of rotatable bonds is 9. The molecule has 2 amide bonds. The number of nitrogens with zero attached hydrogens (tertiary/aromatic N) is 1. The molecule has 0 bridgehead atoms. The van der Waals surface area contributed by atoms with Crippen LogP contribution in [0, 0.1) is 0 Å². The highest BCUT2D eigenvalue weighted by Crippen LogP contribution is 2.29. The summed E-state index contributed by atoms with van der Waals surface area (Å²) >= 11 is 1.24. The zero-order valence-corrected chi connectivity index (χ0v) is 18.1. The van der Waals surface area contributed by atoms with Gasteiger partial charge in [0.05, 0.1) is 31.2 Å². The van der Waals surface area contributed by atoms with Crippen LogP contribution in [0.3, 0.4) is 0 Å². The molecular formula is C21H24N2O6S. The van der Waals surface area contributed by atoms with Crippen molar-refractivity contribution in [1.29, 1.82) is 0 Å². The van der Waals surface area contributed by atoms with Gasteiger partial charge >= 0.3 is 5.97 Å². The molecule has 0 saturated carbocycles. The molecule has 1 N–H and O–H groups in total. The van der Waals surface area contributed by atoms with Gasteiger partial charge in [0.1, 0.15) is 11.5 Å². The van der Waals surface area contributed by atoms with Crippen LogP contribution in [0.1, 0.15) is 10.4 Å². The summed E-state index contributed by atoms with van der Waals surface area (Å²) in [5, 5.41) is 2.63. The number of carbonyl (C=O) groups excluding carboxylic acids is 3. The fraction of sp³-hybridized carbons (Fsp3) is 0.286. The molecule has 2 rings (SSSR count). The molecule has 9 heteroatoms. The summed E-state index contributed by atoms with van der Waals surface area (Å²) in [5.74, 6) is -0.0443. The zero-order chi connectivity index (χ0) is 22.1. The maximum atomic E-state index is 12.5. The van der Waals surface area contributed by atoms with Crippen molar-refractivity contribution in [3.63, 3.8) is 0 Å². The average Bonchev–Trinajstić information content (AvgIpc) is 2.76. The van der Waals surface area contributed by atoms with Gasteiger partial charge in [-0.3, -0.25) is 9.59 Å². The third-order valence-electron chi connectivity index (χ3n) is 3.97. The molecule has 2 aromatic rings. The van der Waals surface area contributed by atoms with E-state index >= 15 is 0 Å². The minimum atomic E-state index is -0.646. The molecule has 0 atom stereocenters. The first-order valence-corrected chi connectivity index (χ1v) is 9.95. The predicted molar refractivity (Wildman–Crippen MR) is 114 cm³/mol. The highest BCUT2D eigenvalue weighted by atomic mass is 32.2. The highest BCUT2D eigenvalue weighted by molar-refractivity contribution is 8.00. The maximum Gasteiger partial charge on any atom is 0.339 e. The molecule has 0 spiro atoms.